The molecule has 1 atom stereocenters. The van der Waals surface area contributed by atoms with Gasteiger partial charge in [0.25, 0.3) is 0 Å². The van der Waals surface area contributed by atoms with Crippen molar-refractivity contribution >= 4 is 38.9 Å². The Labute approximate surface area is 133 Å². The van der Waals surface area contributed by atoms with Crippen LogP contribution in [0.1, 0.15) is 16.5 Å². The number of hydrogen-bond donors (Lipinski definition) is 1. The van der Waals surface area contributed by atoms with Crippen molar-refractivity contribution in [1.82, 2.24) is 20.2 Å². The van der Waals surface area contributed by atoms with Crippen molar-refractivity contribution in [2.45, 2.75) is 6.04 Å². The van der Waals surface area contributed by atoms with Crippen LogP contribution in [-0.2, 0) is 0 Å². The number of benzene rings is 1. The highest BCUT2D eigenvalue weighted by Gasteiger charge is 2.24. The third-order valence-electron chi connectivity index (χ3n) is 3.32. The molecule has 3 aromatic rings. The van der Waals surface area contributed by atoms with Crippen LogP contribution in [0.4, 0.5) is 5.95 Å². The zero-order chi connectivity index (χ0) is 14.2. The molecule has 1 aromatic carbocycles. The molecule has 1 aliphatic heterocycles. The molecule has 1 N–H and O–H groups in total. The first-order valence-corrected chi connectivity index (χ1v) is 8.04. The van der Waals surface area contributed by atoms with Crippen LogP contribution in [0.3, 0.4) is 0 Å². The number of allylic oxidation sites excluding steroid dienone is 1. The number of nitrogens with zero attached hydrogens (tertiary/aromatic N) is 4. The number of fused-ring (bicyclic) bond motifs is 1. The normalized spacial score (nSPS) is 17.0. The van der Waals surface area contributed by atoms with Gasteiger partial charge in [-0.3, -0.25) is 0 Å². The third kappa shape index (κ3) is 2.28. The molecular weight excluding hydrogens is 350 g/mol. The molecule has 7 heteroatoms. The Bertz CT molecular complexity index is 791. The maximum atomic E-state index is 4.08. The molecule has 0 unspecified atom stereocenters. The van der Waals surface area contributed by atoms with Gasteiger partial charge in [-0.05, 0) is 45.6 Å². The Morgan fingerprint density at radius 2 is 2.05 bits per heavy atom. The smallest absolute Gasteiger partial charge is 0.248 e. The Morgan fingerprint density at radius 3 is 2.81 bits per heavy atom. The van der Waals surface area contributed by atoms with Gasteiger partial charge in [-0.25, -0.2) is 0 Å². The second kappa shape index (κ2) is 5.09. The lowest BCUT2D eigenvalue weighted by Gasteiger charge is -2.22. The van der Waals surface area contributed by atoms with Gasteiger partial charge in [0.2, 0.25) is 5.95 Å². The SMILES string of the molecule is Brc1ccc(C2=C[C@H](c3cccs3)n3nnnc3N2)cc1. The summed E-state index contributed by atoms with van der Waals surface area (Å²) in [6.45, 7) is 0. The van der Waals surface area contributed by atoms with Crippen molar-refractivity contribution in [2.75, 3.05) is 5.32 Å². The van der Waals surface area contributed by atoms with Crippen molar-refractivity contribution in [3.8, 4) is 0 Å². The van der Waals surface area contributed by atoms with E-state index in [-0.39, 0.29) is 6.04 Å². The highest BCUT2D eigenvalue weighted by atomic mass is 79.9. The van der Waals surface area contributed by atoms with Gasteiger partial charge in [-0.2, -0.15) is 4.68 Å². The largest absolute Gasteiger partial charge is 0.323 e. The quantitative estimate of drug-likeness (QED) is 0.759. The molecule has 21 heavy (non-hydrogen) atoms. The molecule has 3 heterocycles. The van der Waals surface area contributed by atoms with Crippen LogP contribution in [0.25, 0.3) is 5.70 Å². The van der Waals surface area contributed by atoms with E-state index in [4.69, 9.17) is 0 Å². The van der Waals surface area contributed by atoms with Crippen LogP contribution < -0.4 is 5.32 Å². The van der Waals surface area contributed by atoms with Gasteiger partial charge in [0.05, 0.1) is 0 Å². The Hall–Kier alpha value is -1.99. The second-order valence-corrected chi connectivity index (χ2v) is 6.51. The van der Waals surface area contributed by atoms with Crippen molar-refractivity contribution in [3.63, 3.8) is 0 Å². The van der Waals surface area contributed by atoms with Crippen molar-refractivity contribution < 1.29 is 0 Å². The molecular formula is C14H10BrN5S. The van der Waals surface area contributed by atoms with Gasteiger partial charge in [-0.1, -0.05) is 39.2 Å². The first-order valence-electron chi connectivity index (χ1n) is 6.37. The number of thiophene rings is 1. The molecule has 1 aliphatic rings. The van der Waals surface area contributed by atoms with Gasteiger partial charge in [0.1, 0.15) is 6.04 Å². The van der Waals surface area contributed by atoms with Crippen molar-refractivity contribution in [2.24, 2.45) is 0 Å². The molecule has 4 rings (SSSR count). The lowest BCUT2D eigenvalue weighted by Crippen LogP contribution is -2.19. The summed E-state index contributed by atoms with van der Waals surface area (Å²) < 4.78 is 2.86. The van der Waals surface area contributed by atoms with Gasteiger partial charge >= 0.3 is 0 Å². The van der Waals surface area contributed by atoms with E-state index in [2.05, 4.69) is 66.4 Å². The average molecular weight is 360 g/mol. The van der Waals surface area contributed by atoms with Crippen molar-refractivity contribution in [1.29, 1.82) is 0 Å². The van der Waals surface area contributed by atoms with E-state index in [9.17, 15) is 0 Å². The fourth-order valence-electron chi connectivity index (χ4n) is 2.31. The fourth-order valence-corrected chi connectivity index (χ4v) is 3.36. The highest BCUT2D eigenvalue weighted by Crippen LogP contribution is 2.33. The molecule has 0 amide bonds. The second-order valence-electron chi connectivity index (χ2n) is 4.62. The van der Waals surface area contributed by atoms with Crippen LogP contribution in [-0.4, -0.2) is 20.2 Å². The van der Waals surface area contributed by atoms with Crippen LogP contribution in [0.2, 0.25) is 0 Å². The Balaban J connectivity index is 1.80. The Morgan fingerprint density at radius 1 is 1.19 bits per heavy atom. The van der Waals surface area contributed by atoms with Gasteiger partial charge < -0.3 is 5.32 Å². The van der Waals surface area contributed by atoms with Gasteiger partial charge in [-0.15, -0.1) is 11.3 Å². The molecule has 0 fully saturated rings. The molecule has 0 radical (unpaired) electrons. The highest BCUT2D eigenvalue weighted by molar-refractivity contribution is 9.10. The predicted molar refractivity (Wildman–Crippen MR) is 86.0 cm³/mol. The first kappa shape index (κ1) is 12.7. The van der Waals surface area contributed by atoms with Crippen LogP contribution >= 0.6 is 27.3 Å². The first-order chi connectivity index (χ1) is 10.3. The van der Waals surface area contributed by atoms with Crippen molar-refractivity contribution in [3.05, 3.63) is 62.8 Å². The monoisotopic (exact) mass is 359 g/mol. The number of anilines is 1. The maximum absolute atomic E-state index is 4.08. The molecule has 104 valence electrons. The lowest BCUT2D eigenvalue weighted by molar-refractivity contribution is 0.593. The van der Waals surface area contributed by atoms with E-state index in [1.165, 1.54) is 4.88 Å². The van der Waals surface area contributed by atoms with E-state index in [1.807, 2.05) is 18.2 Å². The number of halogens is 1. The molecule has 0 spiro atoms. The molecule has 0 aliphatic carbocycles. The summed E-state index contributed by atoms with van der Waals surface area (Å²) in [5.41, 5.74) is 2.12. The molecule has 5 nitrogen and oxygen atoms in total. The summed E-state index contributed by atoms with van der Waals surface area (Å²) in [5, 5.41) is 17.3. The van der Waals surface area contributed by atoms with Crippen LogP contribution in [0, 0.1) is 0 Å². The number of hydrogen-bond acceptors (Lipinski definition) is 5. The average Bonchev–Trinajstić information content (AvgIpc) is 3.18. The topological polar surface area (TPSA) is 55.6 Å². The lowest BCUT2D eigenvalue weighted by atomic mass is 10.1. The zero-order valence-electron chi connectivity index (χ0n) is 10.8. The minimum absolute atomic E-state index is 0.0231. The summed E-state index contributed by atoms with van der Waals surface area (Å²) in [6, 6.07) is 12.3. The van der Waals surface area contributed by atoms with E-state index in [0.29, 0.717) is 5.95 Å². The Kier molecular flexibility index (Phi) is 3.08. The maximum Gasteiger partial charge on any atom is 0.248 e. The van der Waals surface area contributed by atoms with Crippen LogP contribution in [0.5, 0.6) is 0 Å². The van der Waals surface area contributed by atoms with Gasteiger partial charge in [0.15, 0.2) is 0 Å². The van der Waals surface area contributed by atoms with E-state index in [0.717, 1.165) is 15.7 Å². The van der Waals surface area contributed by atoms with E-state index >= 15 is 0 Å². The molecule has 0 saturated heterocycles. The predicted octanol–water partition coefficient (Wildman–Crippen LogP) is 3.55. The number of tetrazole rings is 1. The summed E-state index contributed by atoms with van der Waals surface area (Å²) in [7, 11) is 0. The molecule has 0 bridgehead atoms. The summed E-state index contributed by atoms with van der Waals surface area (Å²) >= 11 is 5.16. The number of aromatic nitrogens is 4. The molecule has 0 saturated carbocycles. The van der Waals surface area contributed by atoms with Gasteiger partial charge in [0, 0.05) is 15.0 Å². The minimum atomic E-state index is 0.0231. The van der Waals surface area contributed by atoms with Crippen LogP contribution in [0.15, 0.2) is 52.3 Å². The standard InChI is InChI=1S/C14H10BrN5S/c15-10-5-3-9(4-6-10)11-8-12(13-2-1-7-21-13)20-14(16-11)17-18-19-20/h1-8,12H,(H,16,17,19)/t12-/m1/s1. The number of rotatable bonds is 2. The summed E-state index contributed by atoms with van der Waals surface area (Å²) in [4.78, 5) is 1.21. The minimum Gasteiger partial charge on any atom is -0.323 e. The fraction of sp³-hybridized carbons (Fsp3) is 0.0714. The summed E-state index contributed by atoms with van der Waals surface area (Å²) in [6.07, 6.45) is 2.15. The summed E-state index contributed by atoms with van der Waals surface area (Å²) in [5.74, 6) is 0.661. The number of nitrogens with one attached hydrogen (secondary N) is 1. The van der Waals surface area contributed by atoms with E-state index in [1.54, 1.807) is 16.0 Å². The molecule has 2 aromatic heterocycles. The zero-order valence-corrected chi connectivity index (χ0v) is 13.2. The third-order valence-corrected chi connectivity index (χ3v) is 4.79. The van der Waals surface area contributed by atoms with E-state index < -0.39 is 0 Å².